The highest BCUT2D eigenvalue weighted by molar-refractivity contribution is 5.91. The first-order valence-corrected chi connectivity index (χ1v) is 10.1. The van der Waals surface area contributed by atoms with Crippen molar-refractivity contribution in [2.45, 2.75) is 61.9 Å². The summed E-state index contributed by atoms with van der Waals surface area (Å²) in [6.07, 6.45) is -8.33. The maximum Gasteiger partial charge on any atom is 0.334 e. The smallest absolute Gasteiger partial charge is 0.334 e. The molecule has 30 heavy (non-hydrogen) atoms. The molecule has 2 saturated heterocycles. The van der Waals surface area contributed by atoms with Crippen molar-refractivity contribution in [2.24, 2.45) is 17.8 Å². The molecule has 2 aliphatic heterocycles. The van der Waals surface area contributed by atoms with Gasteiger partial charge in [-0.1, -0.05) is 19.7 Å². The van der Waals surface area contributed by atoms with Crippen molar-refractivity contribution in [1.29, 1.82) is 0 Å². The number of carbonyl (C=O) groups excluding carboxylic acids is 1. The fraction of sp³-hybridized carbons (Fsp3) is 0.667. The summed E-state index contributed by atoms with van der Waals surface area (Å²) in [6.45, 7) is 11.4. The Kier molecular flexibility index (Phi) is 5.65. The molecule has 2 heterocycles. The second-order valence-electron chi connectivity index (χ2n) is 8.59. The molecule has 4 aliphatic rings. The summed E-state index contributed by atoms with van der Waals surface area (Å²) < 4.78 is 16.9. The molecule has 0 bridgehead atoms. The van der Waals surface area contributed by atoms with Gasteiger partial charge in [-0.2, -0.15) is 0 Å². The fourth-order valence-electron chi connectivity index (χ4n) is 5.18. The number of aliphatic hydroxyl groups excluding tert-OH is 5. The van der Waals surface area contributed by atoms with Crippen molar-refractivity contribution in [3.05, 3.63) is 36.5 Å². The third-order valence-electron chi connectivity index (χ3n) is 6.97. The van der Waals surface area contributed by atoms with Crippen LogP contribution in [0.2, 0.25) is 0 Å². The molecule has 4 rings (SSSR count). The molecule has 0 spiro atoms. The van der Waals surface area contributed by atoms with Gasteiger partial charge in [-0.3, -0.25) is 0 Å². The van der Waals surface area contributed by atoms with Gasteiger partial charge in [-0.15, -0.1) is 0 Å². The van der Waals surface area contributed by atoms with Gasteiger partial charge < -0.3 is 39.7 Å². The van der Waals surface area contributed by atoms with Gasteiger partial charge in [0.1, 0.15) is 30.5 Å². The van der Waals surface area contributed by atoms with Gasteiger partial charge in [-0.05, 0) is 29.9 Å². The van der Waals surface area contributed by atoms with E-state index in [-0.39, 0.29) is 17.8 Å². The Bertz CT molecular complexity index is 762. The van der Waals surface area contributed by atoms with Gasteiger partial charge in [0.15, 0.2) is 6.29 Å². The Morgan fingerprint density at radius 1 is 0.967 bits per heavy atom. The molecule has 2 saturated carbocycles. The van der Waals surface area contributed by atoms with Gasteiger partial charge in [0.05, 0.1) is 18.8 Å². The average Bonchev–Trinajstić information content (AvgIpc) is 3.15. The molecule has 9 heteroatoms. The summed E-state index contributed by atoms with van der Waals surface area (Å²) in [6, 6.07) is 0. The van der Waals surface area contributed by atoms with Crippen molar-refractivity contribution in [3.8, 4) is 0 Å². The van der Waals surface area contributed by atoms with Crippen molar-refractivity contribution in [2.75, 3.05) is 6.61 Å². The number of rotatable bonds is 3. The van der Waals surface area contributed by atoms with Crippen molar-refractivity contribution < 1.29 is 44.5 Å². The monoisotopic (exact) mass is 424 g/mol. The highest BCUT2D eigenvalue weighted by Gasteiger charge is 2.56. The first kappa shape index (κ1) is 21.6. The van der Waals surface area contributed by atoms with E-state index in [1.165, 1.54) is 0 Å². The Balaban J connectivity index is 1.57. The Labute approximate surface area is 173 Å². The molecule has 4 fully saturated rings. The van der Waals surface area contributed by atoms with E-state index in [4.69, 9.17) is 14.2 Å². The van der Waals surface area contributed by atoms with Crippen LogP contribution < -0.4 is 0 Å². The van der Waals surface area contributed by atoms with E-state index in [1.807, 2.05) is 0 Å². The van der Waals surface area contributed by atoms with E-state index < -0.39 is 61.6 Å². The minimum atomic E-state index is -1.55. The van der Waals surface area contributed by atoms with E-state index in [0.717, 1.165) is 0 Å². The molecule has 0 aromatic carbocycles. The quantitative estimate of drug-likeness (QED) is 0.214. The summed E-state index contributed by atoms with van der Waals surface area (Å²) in [5, 5.41) is 50.2. The lowest BCUT2D eigenvalue weighted by molar-refractivity contribution is -0.308. The van der Waals surface area contributed by atoms with Crippen molar-refractivity contribution >= 4 is 5.97 Å². The zero-order valence-corrected chi connectivity index (χ0v) is 16.5. The first-order chi connectivity index (χ1) is 14.1. The number of carbonyl (C=O) groups is 1. The number of hydrogen-bond acceptors (Lipinski definition) is 9. The number of fused-ring (bicyclic) bond motifs is 3. The van der Waals surface area contributed by atoms with E-state index in [2.05, 4.69) is 19.7 Å². The van der Waals surface area contributed by atoms with Gasteiger partial charge >= 0.3 is 5.97 Å². The first-order valence-electron chi connectivity index (χ1n) is 10.1. The highest BCUT2D eigenvalue weighted by Crippen LogP contribution is 2.53. The van der Waals surface area contributed by atoms with E-state index in [9.17, 15) is 30.3 Å². The van der Waals surface area contributed by atoms with E-state index >= 15 is 0 Å². The molecule has 0 aromatic heterocycles. The molecule has 0 amide bonds. The number of esters is 1. The minimum Gasteiger partial charge on any atom is -0.458 e. The normalized spacial score (nSPS) is 48.9. The van der Waals surface area contributed by atoms with Crippen LogP contribution in [0, 0.1) is 17.8 Å². The van der Waals surface area contributed by atoms with Crippen molar-refractivity contribution in [1.82, 2.24) is 0 Å². The van der Waals surface area contributed by atoms with Gasteiger partial charge in [0, 0.05) is 17.4 Å². The molecule has 0 unspecified atom stereocenters. The predicted octanol–water partition coefficient (Wildman–Crippen LogP) is -1.22. The zero-order chi connectivity index (χ0) is 21.9. The Morgan fingerprint density at radius 3 is 2.33 bits per heavy atom. The highest BCUT2D eigenvalue weighted by atomic mass is 16.7. The van der Waals surface area contributed by atoms with Crippen LogP contribution in [0.4, 0.5) is 0 Å². The average molecular weight is 424 g/mol. The zero-order valence-electron chi connectivity index (χ0n) is 16.5. The lowest BCUT2D eigenvalue weighted by Gasteiger charge is -2.40. The molecule has 0 radical (unpaired) electrons. The van der Waals surface area contributed by atoms with Crippen LogP contribution in [0.5, 0.6) is 0 Å². The molecule has 5 N–H and O–H groups in total. The summed E-state index contributed by atoms with van der Waals surface area (Å²) in [7, 11) is 0. The third kappa shape index (κ3) is 3.25. The molecule has 0 aromatic rings. The number of ether oxygens (including phenoxy) is 3. The molecular formula is C21H28O9. The van der Waals surface area contributed by atoms with Crippen LogP contribution in [-0.2, 0) is 19.0 Å². The predicted molar refractivity (Wildman–Crippen MR) is 102 cm³/mol. The van der Waals surface area contributed by atoms with Gasteiger partial charge in [0.2, 0.25) is 0 Å². The molecule has 9 nitrogen and oxygen atoms in total. The molecule has 166 valence electrons. The maximum absolute atomic E-state index is 12.1. The third-order valence-corrected chi connectivity index (χ3v) is 6.97. The lowest BCUT2D eigenvalue weighted by Crippen LogP contribution is -2.59. The topological polar surface area (TPSA) is 146 Å². The van der Waals surface area contributed by atoms with E-state index in [0.29, 0.717) is 29.6 Å². The van der Waals surface area contributed by atoms with Crippen LogP contribution in [-0.4, -0.2) is 87.1 Å². The standard InChI is InChI=1S/C21H28O9/c1-7-10-5-13(28-21-18(26)17(25)16(24)14(6-22)29-21)9(3)15(10)19-11(4-12(7)23)8(2)20(27)30-19/h10-19,21-26H,1-6H2/t10-,11-,12+,13-,14+,15-,16+,17-,18+,19-,21-/m0/s1. The van der Waals surface area contributed by atoms with Gasteiger partial charge in [-0.25, -0.2) is 4.79 Å². The molecule has 11 atom stereocenters. The molecule has 2 aliphatic carbocycles. The largest absolute Gasteiger partial charge is 0.458 e. The SMILES string of the molecule is C=C1[C@@H]2[C@H]3OC(=O)C(=C)[C@@H]3C[C@@H](O)C(=C)[C@@H]2C[C@@H]1O[C@H]1O[C@H](CO)[C@@H](O)[C@H](O)[C@H]1O. The fourth-order valence-corrected chi connectivity index (χ4v) is 5.18. The summed E-state index contributed by atoms with van der Waals surface area (Å²) in [5.74, 6) is -1.47. The maximum atomic E-state index is 12.1. The summed E-state index contributed by atoms with van der Waals surface area (Å²) in [5.41, 5.74) is 1.52. The minimum absolute atomic E-state index is 0.268. The van der Waals surface area contributed by atoms with Crippen LogP contribution in [0.25, 0.3) is 0 Å². The van der Waals surface area contributed by atoms with E-state index in [1.54, 1.807) is 0 Å². The Hall–Kier alpha value is -1.59. The van der Waals surface area contributed by atoms with Gasteiger partial charge in [0.25, 0.3) is 0 Å². The molecular weight excluding hydrogens is 396 g/mol. The van der Waals surface area contributed by atoms with Crippen LogP contribution in [0.15, 0.2) is 36.5 Å². The summed E-state index contributed by atoms with van der Waals surface area (Å²) in [4.78, 5) is 12.1. The van der Waals surface area contributed by atoms with Crippen LogP contribution >= 0.6 is 0 Å². The Morgan fingerprint density at radius 2 is 1.67 bits per heavy atom. The van der Waals surface area contributed by atoms with Crippen molar-refractivity contribution in [3.63, 3.8) is 0 Å². The number of hydrogen-bond donors (Lipinski definition) is 5. The lowest BCUT2D eigenvalue weighted by atomic mass is 9.82. The summed E-state index contributed by atoms with van der Waals surface area (Å²) >= 11 is 0. The van der Waals surface area contributed by atoms with Crippen LogP contribution in [0.1, 0.15) is 12.8 Å². The number of aliphatic hydroxyl groups is 5. The van der Waals surface area contributed by atoms with Crippen LogP contribution in [0.3, 0.4) is 0 Å². The second kappa shape index (κ2) is 7.83. The second-order valence-corrected chi connectivity index (χ2v) is 8.59.